The second kappa shape index (κ2) is 7.17. The van der Waals surface area contributed by atoms with Crippen LogP contribution in [0.15, 0.2) is 48.5 Å². The lowest BCUT2D eigenvalue weighted by Crippen LogP contribution is -2.35. The Labute approximate surface area is 140 Å². The van der Waals surface area contributed by atoms with Gasteiger partial charge in [-0.25, -0.2) is 4.79 Å². The Hall–Kier alpha value is -2.82. The van der Waals surface area contributed by atoms with Crippen LogP contribution >= 0.6 is 0 Å². The van der Waals surface area contributed by atoms with Crippen molar-refractivity contribution in [3.05, 3.63) is 70.8 Å². The first kappa shape index (κ1) is 16.1. The topological polar surface area (TPSA) is 75.6 Å². The zero-order valence-corrected chi connectivity index (χ0v) is 13.2. The number of carbonyl (C=O) groups excluding carboxylic acids is 1. The smallest absolute Gasteiger partial charge is 0.407 e. The quantitative estimate of drug-likeness (QED) is 0.886. The molecule has 0 aliphatic heterocycles. The van der Waals surface area contributed by atoms with E-state index in [4.69, 9.17) is 9.84 Å². The van der Waals surface area contributed by atoms with E-state index in [0.717, 1.165) is 28.7 Å². The summed E-state index contributed by atoms with van der Waals surface area (Å²) in [5, 5.41) is 11.7. The van der Waals surface area contributed by atoms with E-state index in [0.29, 0.717) is 6.42 Å². The van der Waals surface area contributed by atoms with Crippen molar-refractivity contribution in [3.63, 3.8) is 0 Å². The highest BCUT2D eigenvalue weighted by Crippen LogP contribution is 2.24. The molecule has 1 amide bonds. The summed E-state index contributed by atoms with van der Waals surface area (Å²) >= 11 is 0. The summed E-state index contributed by atoms with van der Waals surface area (Å²) in [5.74, 6) is -0.841. The first-order valence-corrected chi connectivity index (χ1v) is 7.90. The molecule has 0 saturated heterocycles. The minimum Gasteiger partial charge on any atom is -0.481 e. The number of aliphatic carboxylic acids is 1. The van der Waals surface area contributed by atoms with Crippen molar-refractivity contribution in [2.45, 2.75) is 31.9 Å². The van der Waals surface area contributed by atoms with E-state index < -0.39 is 12.1 Å². The number of ether oxygens (including phenoxy) is 1. The van der Waals surface area contributed by atoms with Crippen LogP contribution in [0, 0.1) is 0 Å². The van der Waals surface area contributed by atoms with Crippen LogP contribution in [0.3, 0.4) is 0 Å². The number of benzene rings is 2. The van der Waals surface area contributed by atoms with Gasteiger partial charge in [0.25, 0.3) is 0 Å². The average molecular weight is 325 g/mol. The second-order valence-electron chi connectivity index (χ2n) is 5.98. The number of hydrogen-bond donors (Lipinski definition) is 2. The predicted molar refractivity (Wildman–Crippen MR) is 88.7 cm³/mol. The van der Waals surface area contributed by atoms with Crippen molar-refractivity contribution in [2.75, 3.05) is 0 Å². The van der Waals surface area contributed by atoms with Gasteiger partial charge in [-0.15, -0.1) is 0 Å². The van der Waals surface area contributed by atoms with Crippen LogP contribution in [0.25, 0.3) is 0 Å². The summed E-state index contributed by atoms with van der Waals surface area (Å²) in [6, 6.07) is 15.2. The minimum absolute atomic E-state index is 0.0108. The molecule has 1 unspecified atom stereocenters. The normalized spacial score (nSPS) is 15.6. The summed E-state index contributed by atoms with van der Waals surface area (Å²) in [5.41, 5.74) is 3.98. The van der Waals surface area contributed by atoms with Gasteiger partial charge < -0.3 is 15.2 Å². The Morgan fingerprint density at radius 2 is 1.79 bits per heavy atom. The second-order valence-corrected chi connectivity index (χ2v) is 5.98. The number of alkyl carbamates (subject to hydrolysis) is 1. The molecule has 0 radical (unpaired) electrons. The molecule has 0 saturated carbocycles. The van der Waals surface area contributed by atoms with Crippen LogP contribution in [0.4, 0.5) is 4.79 Å². The number of carboxylic acid groups (broad SMARTS) is 1. The van der Waals surface area contributed by atoms with Gasteiger partial charge in [-0.3, -0.25) is 4.79 Å². The van der Waals surface area contributed by atoms with E-state index >= 15 is 0 Å². The molecule has 0 heterocycles. The van der Waals surface area contributed by atoms with Gasteiger partial charge in [0, 0.05) is 6.04 Å². The first-order valence-electron chi connectivity index (χ1n) is 7.90. The summed E-state index contributed by atoms with van der Waals surface area (Å²) in [6.45, 7) is 0.245. The van der Waals surface area contributed by atoms with Crippen molar-refractivity contribution in [2.24, 2.45) is 0 Å². The molecule has 124 valence electrons. The van der Waals surface area contributed by atoms with Crippen molar-refractivity contribution >= 4 is 12.1 Å². The van der Waals surface area contributed by atoms with Gasteiger partial charge in [0.2, 0.25) is 0 Å². The molecule has 0 fully saturated rings. The lowest BCUT2D eigenvalue weighted by Gasteiger charge is -2.12. The fraction of sp³-hybridized carbons (Fsp3) is 0.263. The summed E-state index contributed by atoms with van der Waals surface area (Å²) in [6.07, 6.45) is 1.03. The number of carboxylic acids is 1. The van der Waals surface area contributed by atoms with E-state index in [2.05, 4.69) is 5.32 Å². The highest BCUT2D eigenvalue weighted by atomic mass is 16.5. The Balaban J connectivity index is 1.52. The van der Waals surface area contributed by atoms with Gasteiger partial charge in [-0.2, -0.15) is 0 Å². The maximum Gasteiger partial charge on any atom is 0.407 e. The fourth-order valence-electron chi connectivity index (χ4n) is 2.99. The van der Waals surface area contributed by atoms with E-state index in [1.807, 2.05) is 48.5 Å². The first-order chi connectivity index (χ1) is 11.6. The van der Waals surface area contributed by atoms with Crippen LogP contribution in [0.2, 0.25) is 0 Å². The molecule has 0 spiro atoms. The van der Waals surface area contributed by atoms with Gasteiger partial charge in [0.1, 0.15) is 6.61 Å². The Morgan fingerprint density at radius 3 is 2.54 bits per heavy atom. The average Bonchev–Trinajstić information content (AvgIpc) is 2.94. The van der Waals surface area contributed by atoms with Gasteiger partial charge in [0.05, 0.1) is 6.42 Å². The standard InChI is InChI=1S/C19H19NO4/c21-18(22)9-14-6-7-15-10-17(11-16(15)8-14)20-19(23)24-12-13-4-2-1-3-5-13/h1-8,17H,9-12H2,(H,20,23)(H,21,22). The van der Waals surface area contributed by atoms with E-state index in [-0.39, 0.29) is 19.1 Å². The third-order valence-electron chi connectivity index (χ3n) is 4.09. The van der Waals surface area contributed by atoms with Crippen LogP contribution in [-0.2, 0) is 35.4 Å². The molecule has 5 heteroatoms. The lowest BCUT2D eigenvalue weighted by atomic mass is 10.0. The molecule has 2 aromatic carbocycles. The number of rotatable bonds is 5. The molecule has 2 N–H and O–H groups in total. The summed E-state index contributed by atoms with van der Waals surface area (Å²) in [4.78, 5) is 22.7. The molecule has 2 aromatic rings. The third-order valence-corrected chi connectivity index (χ3v) is 4.09. The van der Waals surface area contributed by atoms with Gasteiger partial charge >= 0.3 is 12.1 Å². The van der Waals surface area contributed by atoms with E-state index in [1.54, 1.807) is 0 Å². The zero-order valence-electron chi connectivity index (χ0n) is 13.2. The fourth-order valence-corrected chi connectivity index (χ4v) is 2.99. The molecule has 24 heavy (non-hydrogen) atoms. The Bertz CT molecular complexity index is 742. The largest absolute Gasteiger partial charge is 0.481 e. The SMILES string of the molecule is O=C(O)Cc1ccc2c(c1)CC(NC(=O)OCc1ccccc1)C2. The van der Waals surface area contributed by atoms with Crippen LogP contribution in [0.1, 0.15) is 22.3 Å². The maximum atomic E-state index is 11.9. The van der Waals surface area contributed by atoms with Crippen LogP contribution in [-0.4, -0.2) is 23.2 Å². The molecule has 3 rings (SSSR count). The Kier molecular flexibility index (Phi) is 4.79. The molecule has 0 bridgehead atoms. The molecule has 1 aliphatic rings. The van der Waals surface area contributed by atoms with Gasteiger partial charge in [0.15, 0.2) is 0 Å². The monoisotopic (exact) mass is 325 g/mol. The van der Waals surface area contributed by atoms with Crippen molar-refractivity contribution < 1.29 is 19.4 Å². The van der Waals surface area contributed by atoms with E-state index in [1.165, 1.54) is 0 Å². The lowest BCUT2D eigenvalue weighted by molar-refractivity contribution is -0.136. The Morgan fingerprint density at radius 1 is 1.04 bits per heavy atom. The minimum atomic E-state index is -0.841. The molecule has 1 aliphatic carbocycles. The molecular formula is C19H19NO4. The van der Waals surface area contributed by atoms with Crippen molar-refractivity contribution in [1.29, 1.82) is 0 Å². The molecule has 0 aromatic heterocycles. The number of nitrogens with one attached hydrogen (secondary N) is 1. The van der Waals surface area contributed by atoms with Crippen molar-refractivity contribution in [1.82, 2.24) is 5.32 Å². The highest BCUT2D eigenvalue weighted by molar-refractivity contribution is 5.70. The van der Waals surface area contributed by atoms with Crippen LogP contribution < -0.4 is 5.32 Å². The van der Waals surface area contributed by atoms with Crippen molar-refractivity contribution in [3.8, 4) is 0 Å². The summed E-state index contributed by atoms with van der Waals surface area (Å²) < 4.78 is 5.24. The highest BCUT2D eigenvalue weighted by Gasteiger charge is 2.23. The zero-order chi connectivity index (χ0) is 16.9. The maximum absolute atomic E-state index is 11.9. The molecule has 1 atom stereocenters. The summed E-state index contributed by atoms with van der Waals surface area (Å²) in [7, 11) is 0. The number of carbonyl (C=O) groups is 2. The number of amides is 1. The van der Waals surface area contributed by atoms with Crippen LogP contribution in [0.5, 0.6) is 0 Å². The molecular weight excluding hydrogens is 306 g/mol. The van der Waals surface area contributed by atoms with Gasteiger partial charge in [-0.1, -0.05) is 48.5 Å². The number of hydrogen-bond acceptors (Lipinski definition) is 3. The third kappa shape index (κ3) is 4.13. The number of fused-ring (bicyclic) bond motifs is 1. The van der Waals surface area contributed by atoms with E-state index in [9.17, 15) is 9.59 Å². The molecule has 5 nitrogen and oxygen atoms in total. The predicted octanol–water partition coefficient (Wildman–Crippen LogP) is 2.71. The van der Waals surface area contributed by atoms with Gasteiger partial charge in [-0.05, 0) is 35.1 Å².